The molecule has 0 saturated carbocycles. The number of thiazole rings is 1. The Morgan fingerprint density at radius 1 is 1.19 bits per heavy atom. The highest BCUT2D eigenvalue weighted by atomic mass is 32.1. The molecule has 0 atom stereocenters. The van der Waals surface area contributed by atoms with Gasteiger partial charge in [-0.1, -0.05) is 0 Å². The van der Waals surface area contributed by atoms with Crippen LogP contribution in [-0.4, -0.2) is 33.2 Å². The molecule has 0 fully saturated rings. The number of aromatic nitrogens is 2. The van der Waals surface area contributed by atoms with Crippen LogP contribution in [0, 0.1) is 19.7 Å². The Hall–Kier alpha value is -3.27. The van der Waals surface area contributed by atoms with Crippen molar-refractivity contribution in [1.82, 2.24) is 14.9 Å². The maximum Gasteiger partial charge on any atom is 0.366 e. The van der Waals surface area contributed by atoms with E-state index < -0.39 is 29.2 Å². The first-order valence-corrected chi connectivity index (χ1v) is 10.6. The van der Waals surface area contributed by atoms with Gasteiger partial charge in [-0.2, -0.15) is 8.78 Å². The fourth-order valence-corrected chi connectivity index (χ4v) is 4.47. The number of amides is 2. The molecule has 1 aromatic carbocycles. The number of benzene rings is 1. The lowest BCUT2D eigenvalue weighted by atomic mass is 10.1. The van der Waals surface area contributed by atoms with Crippen LogP contribution < -0.4 is 5.32 Å². The topological polar surface area (TPSA) is 75.2 Å². The molecule has 2 amide bonds. The highest BCUT2D eigenvalue weighted by Crippen LogP contribution is 2.33. The van der Waals surface area contributed by atoms with E-state index in [-0.39, 0.29) is 18.7 Å². The smallest absolute Gasteiger partial charge is 0.331 e. The van der Waals surface area contributed by atoms with Gasteiger partial charge in [0.25, 0.3) is 11.8 Å². The number of alkyl halides is 2. The van der Waals surface area contributed by atoms with Crippen LogP contribution in [0.2, 0.25) is 0 Å². The van der Waals surface area contributed by atoms with Crippen LogP contribution >= 0.6 is 11.3 Å². The molecule has 6 nitrogen and oxygen atoms in total. The summed E-state index contributed by atoms with van der Waals surface area (Å²) in [5.41, 5.74) is 0.586. The van der Waals surface area contributed by atoms with Crippen molar-refractivity contribution in [2.24, 2.45) is 0 Å². The first-order chi connectivity index (χ1) is 15.1. The SMILES string of the molecule is Cc1nc2c(s1)CN(C(=O)C(F)(F)c1cc(C(=O)Nc3ccc(F)c(C)c3)ccn1)CC2. The number of aryl methyl sites for hydroxylation is 2. The van der Waals surface area contributed by atoms with Gasteiger partial charge in [0.2, 0.25) is 0 Å². The zero-order valence-electron chi connectivity index (χ0n) is 17.3. The summed E-state index contributed by atoms with van der Waals surface area (Å²) in [6, 6.07) is 6.16. The number of fused-ring (bicyclic) bond motifs is 1. The molecule has 10 heteroatoms. The van der Waals surface area contributed by atoms with Gasteiger partial charge in [-0.15, -0.1) is 11.3 Å². The van der Waals surface area contributed by atoms with Crippen molar-refractivity contribution in [1.29, 1.82) is 0 Å². The van der Waals surface area contributed by atoms with Gasteiger partial charge in [-0.25, -0.2) is 9.37 Å². The molecule has 4 rings (SSSR count). The number of carbonyl (C=O) groups excluding carboxylic acids is 2. The summed E-state index contributed by atoms with van der Waals surface area (Å²) in [5, 5.41) is 3.36. The van der Waals surface area contributed by atoms with Crippen LogP contribution in [0.25, 0.3) is 0 Å². The fraction of sp³-hybridized carbons (Fsp3) is 0.273. The van der Waals surface area contributed by atoms with Crippen LogP contribution in [-0.2, 0) is 23.7 Å². The Kier molecular flexibility index (Phi) is 5.72. The van der Waals surface area contributed by atoms with E-state index >= 15 is 8.78 Å². The van der Waals surface area contributed by atoms with Gasteiger partial charge in [0.1, 0.15) is 11.5 Å². The van der Waals surface area contributed by atoms with Crippen molar-refractivity contribution in [3.05, 3.63) is 74.7 Å². The number of rotatable bonds is 4. The van der Waals surface area contributed by atoms with E-state index in [0.29, 0.717) is 17.7 Å². The average molecular weight is 460 g/mol. The molecule has 32 heavy (non-hydrogen) atoms. The first kappa shape index (κ1) is 21.9. The van der Waals surface area contributed by atoms with Gasteiger partial charge < -0.3 is 10.2 Å². The molecule has 2 aromatic heterocycles. The zero-order valence-corrected chi connectivity index (χ0v) is 18.1. The van der Waals surface area contributed by atoms with E-state index in [4.69, 9.17) is 0 Å². The molecular weight excluding hydrogens is 441 g/mol. The second-order valence-electron chi connectivity index (χ2n) is 7.50. The summed E-state index contributed by atoms with van der Waals surface area (Å²) in [7, 11) is 0. The molecule has 0 spiro atoms. The summed E-state index contributed by atoms with van der Waals surface area (Å²) in [4.78, 5) is 35.1. The van der Waals surface area contributed by atoms with Crippen molar-refractivity contribution in [2.75, 3.05) is 11.9 Å². The molecular formula is C22H19F3N4O2S. The molecule has 166 valence electrons. The largest absolute Gasteiger partial charge is 0.366 e. The van der Waals surface area contributed by atoms with Crippen molar-refractivity contribution in [3.63, 3.8) is 0 Å². The van der Waals surface area contributed by atoms with Crippen LogP contribution in [0.5, 0.6) is 0 Å². The third-order valence-electron chi connectivity index (χ3n) is 5.15. The molecule has 3 aromatic rings. The second-order valence-corrected chi connectivity index (χ2v) is 8.79. The van der Waals surface area contributed by atoms with Gasteiger partial charge in [0, 0.05) is 35.3 Å². The van der Waals surface area contributed by atoms with Crippen LogP contribution in [0.1, 0.15) is 37.2 Å². The van der Waals surface area contributed by atoms with E-state index in [1.165, 1.54) is 35.6 Å². The lowest BCUT2D eigenvalue weighted by Gasteiger charge is -2.29. The first-order valence-electron chi connectivity index (χ1n) is 9.81. The number of hydrogen-bond acceptors (Lipinski definition) is 5. The van der Waals surface area contributed by atoms with Crippen molar-refractivity contribution < 1.29 is 22.8 Å². The number of nitrogens with one attached hydrogen (secondary N) is 1. The minimum Gasteiger partial charge on any atom is -0.331 e. The van der Waals surface area contributed by atoms with Gasteiger partial charge in [0.05, 0.1) is 17.2 Å². The Morgan fingerprint density at radius 3 is 2.72 bits per heavy atom. The predicted molar refractivity (Wildman–Crippen MR) is 113 cm³/mol. The van der Waals surface area contributed by atoms with Crippen molar-refractivity contribution in [2.45, 2.75) is 32.7 Å². The minimum atomic E-state index is -3.90. The summed E-state index contributed by atoms with van der Waals surface area (Å²) in [6.45, 7) is 3.57. The normalized spacial score (nSPS) is 13.6. The summed E-state index contributed by atoms with van der Waals surface area (Å²) < 4.78 is 43.5. The van der Waals surface area contributed by atoms with Crippen LogP contribution in [0.3, 0.4) is 0 Å². The van der Waals surface area contributed by atoms with Gasteiger partial charge >= 0.3 is 5.92 Å². The Morgan fingerprint density at radius 2 is 1.97 bits per heavy atom. The number of halogens is 3. The van der Waals surface area contributed by atoms with E-state index in [9.17, 15) is 14.0 Å². The highest BCUT2D eigenvalue weighted by molar-refractivity contribution is 7.11. The molecule has 3 heterocycles. The third kappa shape index (κ3) is 4.22. The van der Waals surface area contributed by atoms with Gasteiger partial charge in [-0.3, -0.25) is 14.6 Å². The maximum atomic E-state index is 15.0. The molecule has 0 saturated heterocycles. The van der Waals surface area contributed by atoms with Crippen LogP contribution in [0.4, 0.5) is 18.9 Å². The number of anilines is 1. The highest BCUT2D eigenvalue weighted by Gasteiger charge is 2.46. The molecule has 1 N–H and O–H groups in total. The molecule has 0 bridgehead atoms. The maximum absolute atomic E-state index is 15.0. The minimum absolute atomic E-state index is 0.0688. The quantitative estimate of drug-likeness (QED) is 0.633. The number of hydrogen-bond donors (Lipinski definition) is 1. The van der Waals surface area contributed by atoms with Crippen molar-refractivity contribution in [3.8, 4) is 0 Å². The summed E-state index contributed by atoms with van der Waals surface area (Å²) in [6.07, 6.45) is 1.47. The third-order valence-corrected chi connectivity index (χ3v) is 6.15. The lowest BCUT2D eigenvalue weighted by molar-refractivity contribution is -0.160. The van der Waals surface area contributed by atoms with Gasteiger partial charge in [-0.05, 0) is 49.7 Å². The van der Waals surface area contributed by atoms with E-state index in [2.05, 4.69) is 15.3 Å². The monoisotopic (exact) mass is 460 g/mol. The molecule has 1 aliphatic heterocycles. The summed E-state index contributed by atoms with van der Waals surface area (Å²) in [5.74, 6) is -6.37. The Balaban J connectivity index is 1.52. The van der Waals surface area contributed by atoms with Crippen LogP contribution in [0.15, 0.2) is 36.5 Å². The van der Waals surface area contributed by atoms with E-state index in [1.54, 1.807) is 6.92 Å². The number of nitrogens with zero attached hydrogens (tertiary/aromatic N) is 3. The Bertz CT molecular complexity index is 1210. The summed E-state index contributed by atoms with van der Waals surface area (Å²) >= 11 is 1.38. The predicted octanol–water partition coefficient (Wildman–Crippen LogP) is 4.22. The van der Waals surface area contributed by atoms with E-state index in [0.717, 1.165) is 32.7 Å². The Labute approximate surface area is 186 Å². The average Bonchev–Trinajstić information content (AvgIpc) is 3.15. The van der Waals surface area contributed by atoms with E-state index in [1.807, 2.05) is 6.92 Å². The molecule has 1 aliphatic rings. The molecule has 0 unspecified atom stereocenters. The zero-order chi connectivity index (χ0) is 23.0. The fourth-order valence-electron chi connectivity index (χ4n) is 3.48. The lowest BCUT2D eigenvalue weighted by Crippen LogP contribution is -2.44. The number of pyridine rings is 1. The number of carbonyl (C=O) groups is 2. The van der Waals surface area contributed by atoms with Gasteiger partial charge in [0.15, 0.2) is 0 Å². The molecule has 0 aliphatic carbocycles. The second kappa shape index (κ2) is 8.34. The molecule has 0 radical (unpaired) electrons. The van der Waals surface area contributed by atoms with Crippen molar-refractivity contribution >= 4 is 28.8 Å². The standard InChI is InChI=1S/C22H19F3N4O2S/c1-12-9-15(3-4-16(12)23)28-20(30)14-5-7-26-19(10-14)22(24,25)21(31)29-8-6-17-18(11-29)32-13(2)27-17/h3-5,7,9-10H,6,8,11H2,1-2H3,(H,28,30).